The van der Waals surface area contributed by atoms with E-state index in [0.29, 0.717) is 16.5 Å². The lowest BCUT2D eigenvalue weighted by Gasteiger charge is -2.06. The zero-order chi connectivity index (χ0) is 13.1. The Balaban J connectivity index is 2.11. The number of halogens is 3. The molecule has 0 heterocycles. The highest BCUT2D eigenvalue weighted by atomic mass is 35.5. The number of anilines is 1. The van der Waals surface area contributed by atoms with Crippen LogP contribution in [0.15, 0.2) is 41.3 Å². The maximum Gasteiger partial charge on any atom is 0.141 e. The number of rotatable bonds is 3. The fourth-order valence-corrected chi connectivity index (χ4v) is 2.83. The molecule has 0 atom stereocenters. The van der Waals surface area contributed by atoms with Gasteiger partial charge in [0.05, 0.1) is 10.0 Å². The summed E-state index contributed by atoms with van der Waals surface area (Å²) in [7, 11) is 0. The number of thioether (sulfide) groups is 1. The highest BCUT2D eigenvalue weighted by Crippen LogP contribution is 2.32. The van der Waals surface area contributed by atoms with Gasteiger partial charge >= 0.3 is 0 Å². The molecule has 18 heavy (non-hydrogen) atoms. The van der Waals surface area contributed by atoms with Crippen molar-refractivity contribution in [2.45, 2.75) is 10.6 Å². The summed E-state index contributed by atoms with van der Waals surface area (Å²) in [5.41, 5.74) is 7.30. The van der Waals surface area contributed by atoms with E-state index in [1.165, 1.54) is 17.8 Å². The minimum Gasteiger partial charge on any atom is -0.399 e. The minimum absolute atomic E-state index is 0.131. The number of hydrogen-bond acceptors (Lipinski definition) is 2. The Morgan fingerprint density at radius 3 is 2.56 bits per heavy atom. The van der Waals surface area contributed by atoms with Crippen molar-refractivity contribution in [1.82, 2.24) is 0 Å². The van der Waals surface area contributed by atoms with E-state index >= 15 is 0 Å². The van der Waals surface area contributed by atoms with E-state index in [1.54, 1.807) is 24.3 Å². The average molecular weight is 302 g/mol. The van der Waals surface area contributed by atoms with Gasteiger partial charge < -0.3 is 5.73 Å². The number of benzene rings is 2. The summed E-state index contributed by atoms with van der Waals surface area (Å²) in [6, 6.07) is 10.0. The Hall–Kier alpha value is -0.900. The summed E-state index contributed by atoms with van der Waals surface area (Å²) >= 11 is 13.3. The van der Waals surface area contributed by atoms with E-state index in [1.807, 2.05) is 6.07 Å². The maximum absolute atomic E-state index is 13.0. The van der Waals surface area contributed by atoms with E-state index in [4.69, 9.17) is 28.9 Å². The lowest BCUT2D eigenvalue weighted by Crippen LogP contribution is -1.87. The Kier molecular flexibility index (Phi) is 4.38. The minimum atomic E-state index is -0.410. The van der Waals surface area contributed by atoms with E-state index in [2.05, 4.69) is 0 Å². The van der Waals surface area contributed by atoms with Crippen LogP contribution in [-0.2, 0) is 5.75 Å². The lowest BCUT2D eigenvalue weighted by molar-refractivity contribution is 0.628. The van der Waals surface area contributed by atoms with Gasteiger partial charge in [-0.05, 0) is 35.9 Å². The van der Waals surface area contributed by atoms with Gasteiger partial charge in [-0.1, -0.05) is 29.3 Å². The van der Waals surface area contributed by atoms with Crippen LogP contribution in [0.4, 0.5) is 10.1 Å². The Labute approximate surface area is 119 Å². The van der Waals surface area contributed by atoms with Crippen LogP contribution < -0.4 is 5.73 Å². The molecular formula is C13H10Cl2FNS. The lowest BCUT2D eigenvalue weighted by atomic mass is 10.2. The quantitative estimate of drug-likeness (QED) is 0.637. The van der Waals surface area contributed by atoms with Gasteiger partial charge in [-0.25, -0.2) is 4.39 Å². The first-order valence-corrected chi connectivity index (χ1v) is 6.92. The highest BCUT2D eigenvalue weighted by Gasteiger charge is 2.05. The molecule has 0 unspecified atom stereocenters. The van der Waals surface area contributed by atoms with Crippen molar-refractivity contribution < 1.29 is 4.39 Å². The zero-order valence-electron chi connectivity index (χ0n) is 9.29. The Morgan fingerprint density at radius 2 is 1.83 bits per heavy atom. The van der Waals surface area contributed by atoms with E-state index in [-0.39, 0.29) is 5.02 Å². The molecule has 0 aromatic heterocycles. The Morgan fingerprint density at radius 1 is 1.06 bits per heavy atom. The van der Waals surface area contributed by atoms with Gasteiger partial charge in [-0.3, -0.25) is 0 Å². The predicted octanol–water partition coefficient (Wildman–Crippen LogP) is 5.01. The predicted molar refractivity (Wildman–Crippen MR) is 76.8 cm³/mol. The fourth-order valence-electron chi connectivity index (χ4n) is 1.42. The van der Waals surface area contributed by atoms with Crippen LogP contribution in [-0.4, -0.2) is 0 Å². The van der Waals surface area contributed by atoms with Crippen LogP contribution in [0.2, 0.25) is 10.0 Å². The fraction of sp³-hybridized carbons (Fsp3) is 0.0769. The van der Waals surface area contributed by atoms with Crippen LogP contribution >= 0.6 is 35.0 Å². The first kappa shape index (κ1) is 13.5. The number of hydrogen-bond donors (Lipinski definition) is 1. The van der Waals surface area contributed by atoms with Crippen molar-refractivity contribution in [3.05, 3.63) is 57.8 Å². The monoisotopic (exact) mass is 301 g/mol. The van der Waals surface area contributed by atoms with Crippen LogP contribution in [0.5, 0.6) is 0 Å². The standard InChI is InChI=1S/C13H10Cl2FNS/c14-10-3-2-9(17)6-13(10)18-7-8-1-4-12(16)11(15)5-8/h1-6H,7,17H2. The largest absolute Gasteiger partial charge is 0.399 e. The van der Waals surface area contributed by atoms with Crippen molar-refractivity contribution in [3.8, 4) is 0 Å². The summed E-state index contributed by atoms with van der Waals surface area (Å²) in [6.07, 6.45) is 0. The molecule has 94 valence electrons. The van der Waals surface area contributed by atoms with Crippen LogP contribution in [0, 0.1) is 5.82 Å². The second kappa shape index (κ2) is 5.83. The van der Waals surface area contributed by atoms with Crippen LogP contribution in [0.3, 0.4) is 0 Å². The number of nitrogens with two attached hydrogens (primary N) is 1. The average Bonchev–Trinajstić information content (AvgIpc) is 2.34. The second-order valence-corrected chi connectivity index (χ2v) is 5.56. The van der Waals surface area contributed by atoms with Gasteiger partial charge in [0.1, 0.15) is 5.82 Å². The molecule has 2 aromatic rings. The molecule has 2 rings (SSSR count). The summed E-state index contributed by atoms with van der Waals surface area (Å²) in [5, 5.41) is 0.786. The third-order valence-electron chi connectivity index (χ3n) is 2.33. The summed E-state index contributed by atoms with van der Waals surface area (Å²) in [4.78, 5) is 0.900. The summed E-state index contributed by atoms with van der Waals surface area (Å²) in [6.45, 7) is 0. The highest BCUT2D eigenvalue weighted by molar-refractivity contribution is 7.98. The molecule has 0 radical (unpaired) electrons. The van der Waals surface area contributed by atoms with Crippen molar-refractivity contribution in [1.29, 1.82) is 0 Å². The first-order chi connectivity index (χ1) is 8.56. The molecule has 0 bridgehead atoms. The summed E-state index contributed by atoms with van der Waals surface area (Å²) < 4.78 is 13.0. The van der Waals surface area contributed by atoms with E-state index in [9.17, 15) is 4.39 Å². The van der Waals surface area contributed by atoms with Crippen molar-refractivity contribution in [2.24, 2.45) is 0 Å². The zero-order valence-corrected chi connectivity index (χ0v) is 11.6. The molecule has 0 spiro atoms. The molecule has 0 aliphatic rings. The second-order valence-electron chi connectivity index (χ2n) is 3.73. The van der Waals surface area contributed by atoms with Gasteiger partial charge in [0.15, 0.2) is 0 Å². The number of nitrogen functional groups attached to an aromatic ring is 1. The molecule has 1 nitrogen and oxygen atoms in total. The van der Waals surface area contributed by atoms with Gasteiger partial charge in [0.2, 0.25) is 0 Å². The molecule has 0 saturated heterocycles. The van der Waals surface area contributed by atoms with Gasteiger partial charge in [0, 0.05) is 16.3 Å². The third-order valence-corrected chi connectivity index (χ3v) is 4.19. The van der Waals surface area contributed by atoms with Crippen molar-refractivity contribution in [2.75, 3.05) is 5.73 Å². The molecule has 0 saturated carbocycles. The maximum atomic E-state index is 13.0. The van der Waals surface area contributed by atoms with Gasteiger partial charge in [-0.2, -0.15) is 0 Å². The van der Waals surface area contributed by atoms with Gasteiger partial charge in [-0.15, -0.1) is 11.8 Å². The van der Waals surface area contributed by atoms with Crippen molar-refractivity contribution >= 4 is 40.7 Å². The molecule has 0 aliphatic heterocycles. The molecule has 0 fully saturated rings. The third kappa shape index (κ3) is 3.31. The first-order valence-electron chi connectivity index (χ1n) is 5.18. The van der Waals surface area contributed by atoms with Gasteiger partial charge in [0.25, 0.3) is 0 Å². The van der Waals surface area contributed by atoms with Crippen LogP contribution in [0.25, 0.3) is 0 Å². The van der Waals surface area contributed by atoms with E-state index in [0.717, 1.165) is 10.5 Å². The molecule has 2 N–H and O–H groups in total. The molecule has 0 amide bonds. The molecular weight excluding hydrogens is 292 g/mol. The molecule has 2 aromatic carbocycles. The Bertz CT molecular complexity index is 575. The SMILES string of the molecule is Nc1ccc(Cl)c(SCc2ccc(F)c(Cl)c2)c1. The topological polar surface area (TPSA) is 26.0 Å². The summed E-state index contributed by atoms with van der Waals surface area (Å²) in [5.74, 6) is 0.246. The normalized spacial score (nSPS) is 10.6. The molecule has 5 heteroatoms. The van der Waals surface area contributed by atoms with Crippen LogP contribution in [0.1, 0.15) is 5.56 Å². The van der Waals surface area contributed by atoms with Crippen molar-refractivity contribution in [3.63, 3.8) is 0 Å². The molecule has 0 aliphatic carbocycles. The smallest absolute Gasteiger partial charge is 0.141 e. The van der Waals surface area contributed by atoms with E-state index < -0.39 is 5.82 Å².